The van der Waals surface area contributed by atoms with Gasteiger partial charge in [-0.2, -0.15) is 10.2 Å². The van der Waals surface area contributed by atoms with Crippen LogP contribution in [0.3, 0.4) is 0 Å². The van der Waals surface area contributed by atoms with Crippen molar-refractivity contribution >= 4 is 5.91 Å². The molecule has 1 saturated heterocycles. The highest BCUT2D eigenvalue weighted by Gasteiger charge is 2.26. The minimum absolute atomic E-state index is 0.0823. The predicted octanol–water partition coefficient (Wildman–Crippen LogP) is 0.781. The molecule has 5 nitrogen and oxygen atoms in total. The van der Waals surface area contributed by atoms with Gasteiger partial charge >= 0.3 is 0 Å². The molecule has 0 saturated carbocycles. The summed E-state index contributed by atoms with van der Waals surface area (Å²) in [6.07, 6.45) is 0.731. The number of aromatic nitrogens is 2. The molecule has 1 aliphatic heterocycles. The zero-order chi connectivity index (χ0) is 13.1. The minimum atomic E-state index is 0.0823. The molecule has 0 unspecified atom stereocenters. The van der Waals surface area contributed by atoms with Gasteiger partial charge in [0.05, 0.1) is 17.0 Å². The first-order chi connectivity index (χ1) is 8.63. The topological polar surface area (TPSA) is 58.1 Å². The summed E-state index contributed by atoms with van der Waals surface area (Å²) in [5, 5.41) is 11.4. The highest BCUT2D eigenvalue weighted by Crippen LogP contribution is 2.14. The molecule has 1 fully saturated rings. The van der Waals surface area contributed by atoms with Crippen molar-refractivity contribution in [1.82, 2.24) is 20.4 Å². The first-order valence-electron chi connectivity index (χ1n) is 6.48. The van der Waals surface area contributed by atoms with E-state index < -0.39 is 0 Å². The maximum absolute atomic E-state index is 12.6. The van der Waals surface area contributed by atoms with E-state index in [-0.39, 0.29) is 11.9 Å². The molecule has 0 bridgehead atoms. The van der Waals surface area contributed by atoms with Crippen LogP contribution in [0.15, 0.2) is 6.07 Å². The average Bonchev–Trinajstić information content (AvgIpc) is 2.38. The molecule has 0 aliphatic carbocycles. The van der Waals surface area contributed by atoms with E-state index in [9.17, 15) is 4.79 Å². The first kappa shape index (κ1) is 13.0. The Kier molecular flexibility index (Phi) is 3.91. The number of hydrogen-bond donors (Lipinski definition) is 1. The van der Waals surface area contributed by atoms with Gasteiger partial charge in [0, 0.05) is 25.7 Å². The van der Waals surface area contributed by atoms with Crippen LogP contribution in [0, 0.1) is 6.92 Å². The number of aryl methyl sites for hydroxylation is 2. The van der Waals surface area contributed by atoms with Crippen LogP contribution in [0.2, 0.25) is 0 Å². The van der Waals surface area contributed by atoms with Crippen LogP contribution in [0.25, 0.3) is 0 Å². The second-order valence-electron chi connectivity index (χ2n) is 4.75. The van der Waals surface area contributed by atoms with Crippen molar-refractivity contribution in [3.8, 4) is 0 Å². The van der Waals surface area contributed by atoms with E-state index in [2.05, 4.69) is 22.4 Å². The Labute approximate surface area is 108 Å². The number of carbonyl (C=O) groups excluding carboxylic acids is 1. The fourth-order valence-corrected chi connectivity index (χ4v) is 2.26. The molecule has 5 heteroatoms. The zero-order valence-corrected chi connectivity index (χ0v) is 11.2. The van der Waals surface area contributed by atoms with Gasteiger partial charge in [-0.1, -0.05) is 6.92 Å². The summed E-state index contributed by atoms with van der Waals surface area (Å²) in [5.41, 5.74) is 2.29. The molecule has 1 aromatic heterocycles. The second-order valence-corrected chi connectivity index (χ2v) is 4.75. The van der Waals surface area contributed by atoms with Crippen LogP contribution in [0.5, 0.6) is 0 Å². The third-order valence-electron chi connectivity index (χ3n) is 3.32. The number of nitrogens with one attached hydrogen (secondary N) is 1. The Balaban J connectivity index is 2.29. The quantitative estimate of drug-likeness (QED) is 0.840. The van der Waals surface area contributed by atoms with Crippen LogP contribution in [-0.4, -0.2) is 46.7 Å². The lowest BCUT2D eigenvalue weighted by atomic mass is 10.1. The Morgan fingerprint density at radius 2 is 2.33 bits per heavy atom. The Hall–Kier alpha value is -1.49. The molecule has 0 spiro atoms. The van der Waals surface area contributed by atoms with Gasteiger partial charge in [-0.25, -0.2) is 0 Å². The predicted molar refractivity (Wildman–Crippen MR) is 69.5 cm³/mol. The van der Waals surface area contributed by atoms with Crippen molar-refractivity contribution in [2.45, 2.75) is 33.2 Å². The number of rotatable bonds is 2. The fourth-order valence-electron chi connectivity index (χ4n) is 2.26. The van der Waals surface area contributed by atoms with E-state index in [0.717, 1.165) is 37.4 Å². The second kappa shape index (κ2) is 5.44. The molecule has 18 heavy (non-hydrogen) atoms. The molecule has 2 heterocycles. The number of hydrogen-bond acceptors (Lipinski definition) is 4. The molecule has 1 N–H and O–H groups in total. The normalized spacial score (nSPS) is 19.9. The number of amides is 1. The summed E-state index contributed by atoms with van der Waals surface area (Å²) >= 11 is 0. The SMILES string of the molecule is CCc1nnc(C)cc1C(=O)N1CCNC[C@@H]1C. The van der Waals surface area contributed by atoms with Crippen LogP contribution < -0.4 is 5.32 Å². The van der Waals surface area contributed by atoms with Gasteiger partial charge < -0.3 is 10.2 Å². The number of piperazine rings is 1. The third kappa shape index (κ3) is 2.51. The molecule has 1 aliphatic rings. The van der Waals surface area contributed by atoms with Gasteiger partial charge in [0.15, 0.2) is 0 Å². The lowest BCUT2D eigenvalue weighted by Gasteiger charge is -2.34. The van der Waals surface area contributed by atoms with Gasteiger partial charge in [-0.15, -0.1) is 0 Å². The standard InChI is InChI=1S/C13H20N4O/c1-4-12-11(7-9(2)15-16-12)13(18)17-6-5-14-8-10(17)3/h7,10,14H,4-6,8H2,1-3H3/t10-/m0/s1. The summed E-state index contributed by atoms with van der Waals surface area (Å²) in [4.78, 5) is 14.5. The molecule has 2 rings (SSSR count). The van der Waals surface area contributed by atoms with Crippen molar-refractivity contribution in [1.29, 1.82) is 0 Å². The van der Waals surface area contributed by atoms with Crippen molar-refractivity contribution in [3.05, 3.63) is 23.0 Å². The fraction of sp³-hybridized carbons (Fsp3) is 0.615. The molecule has 0 radical (unpaired) electrons. The lowest BCUT2D eigenvalue weighted by Crippen LogP contribution is -2.52. The van der Waals surface area contributed by atoms with Crippen LogP contribution in [0.4, 0.5) is 0 Å². The van der Waals surface area contributed by atoms with Crippen LogP contribution in [-0.2, 0) is 6.42 Å². The molecular formula is C13H20N4O. The highest BCUT2D eigenvalue weighted by molar-refractivity contribution is 5.95. The zero-order valence-electron chi connectivity index (χ0n) is 11.2. The molecular weight excluding hydrogens is 228 g/mol. The van der Waals surface area contributed by atoms with E-state index in [4.69, 9.17) is 0 Å². The van der Waals surface area contributed by atoms with Gasteiger partial charge in [0.1, 0.15) is 0 Å². The summed E-state index contributed by atoms with van der Waals surface area (Å²) in [7, 11) is 0. The molecule has 1 aromatic rings. The van der Waals surface area contributed by atoms with Crippen LogP contribution in [0.1, 0.15) is 35.6 Å². The molecule has 1 amide bonds. The average molecular weight is 248 g/mol. The van der Waals surface area contributed by atoms with E-state index in [1.807, 2.05) is 24.8 Å². The van der Waals surface area contributed by atoms with Crippen LogP contribution >= 0.6 is 0 Å². The summed E-state index contributed by atoms with van der Waals surface area (Å²) < 4.78 is 0. The largest absolute Gasteiger partial charge is 0.333 e. The Morgan fingerprint density at radius 3 is 3.00 bits per heavy atom. The Morgan fingerprint density at radius 1 is 1.56 bits per heavy atom. The molecule has 98 valence electrons. The number of nitrogens with zero attached hydrogens (tertiary/aromatic N) is 3. The molecule has 0 aromatic carbocycles. The van der Waals surface area contributed by atoms with Gasteiger partial charge in [-0.3, -0.25) is 4.79 Å². The minimum Gasteiger partial charge on any atom is -0.333 e. The van der Waals surface area contributed by atoms with Crippen molar-refractivity contribution in [3.63, 3.8) is 0 Å². The maximum atomic E-state index is 12.6. The summed E-state index contributed by atoms with van der Waals surface area (Å²) in [5.74, 6) is 0.0823. The van der Waals surface area contributed by atoms with Crippen molar-refractivity contribution < 1.29 is 4.79 Å². The van der Waals surface area contributed by atoms with E-state index in [1.54, 1.807) is 0 Å². The lowest BCUT2D eigenvalue weighted by molar-refractivity contribution is 0.0653. The monoisotopic (exact) mass is 248 g/mol. The summed E-state index contributed by atoms with van der Waals surface area (Å²) in [6.45, 7) is 8.39. The third-order valence-corrected chi connectivity index (χ3v) is 3.32. The van der Waals surface area contributed by atoms with Gasteiger partial charge in [0.2, 0.25) is 0 Å². The van der Waals surface area contributed by atoms with Crippen molar-refractivity contribution in [2.75, 3.05) is 19.6 Å². The van der Waals surface area contributed by atoms with Gasteiger partial charge in [-0.05, 0) is 26.3 Å². The first-order valence-corrected chi connectivity index (χ1v) is 6.48. The smallest absolute Gasteiger partial charge is 0.256 e. The van der Waals surface area contributed by atoms with E-state index in [0.29, 0.717) is 5.56 Å². The maximum Gasteiger partial charge on any atom is 0.256 e. The Bertz CT molecular complexity index is 447. The highest BCUT2D eigenvalue weighted by atomic mass is 16.2. The van der Waals surface area contributed by atoms with Gasteiger partial charge in [0.25, 0.3) is 5.91 Å². The number of carbonyl (C=O) groups is 1. The van der Waals surface area contributed by atoms with E-state index in [1.165, 1.54) is 0 Å². The van der Waals surface area contributed by atoms with Crippen molar-refractivity contribution in [2.24, 2.45) is 0 Å². The summed E-state index contributed by atoms with van der Waals surface area (Å²) in [6, 6.07) is 2.08. The molecule has 1 atom stereocenters. The van der Waals surface area contributed by atoms with E-state index >= 15 is 0 Å².